The minimum absolute atomic E-state index is 0.00388. The molecule has 1 unspecified atom stereocenters. The predicted octanol–water partition coefficient (Wildman–Crippen LogP) is 4.13. The van der Waals surface area contributed by atoms with Gasteiger partial charge in [0.2, 0.25) is 0 Å². The van der Waals surface area contributed by atoms with Gasteiger partial charge in [0.25, 0.3) is 0 Å². The summed E-state index contributed by atoms with van der Waals surface area (Å²) in [6.45, 7) is 4.02. The van der Waals surface area contributed by atoms with Crippen molar-refractivity contribution in [2.45, 2.75) is 26.5 Å². The van der Waals surface area contributed by atoms with Gasteiger partial charge in [0.15, 0.2) is 11.6 Å². The molecular formula is C17H19F2NO. The summed E-state index contributed by atoms with van der Waals surface area (Å²) in [5, 5.41) is 3.15. The van der Waals surface area contributed by atoms with Crippen molar-refractivity contribution in [1.82, 2.24) is 5.32 Å². The van der Waals surface area contributed by atoms with Crippen LogP contribution in [0.25, 0.3) is 0 Å². The number of aryl methyl sites for hydroxylation is 1. The number of rotatable bonds is 5. The van der Waals surface area contributed by atoms with E-state index in [1.165, 1.54) is 12.1 Å². The minimum atomic E-state index is -0.858. The van der Waals surface area contributed by atoms with Gasteiger partial charge >= 0.3 is 0 Å². The maximum atomic E-state index is 13.6. The first-order valence-corrected chi connectivity index (χ1v) is 6.86. The van der Waals surface area contributed by atoms with Gasteiger partial charge in [-0.2, -0.15) is 0 Å². The standard InChI is InChI=1S/C17H19F2NO/c1-11-7-8-16(14(9-11)12(2)20-3)21-10-13-5-4-6-15(18)17(13)19/h4-9,12,20H,10H2,1-3H3. The third-order valence-electron chi connectivity index (χ3n) is 3.48. The number of nitrogens with one attached hydrogen (secondary N) is 1. The molecule has 21 heavy (non-hydrogen) atoms. The number of hydrogen-bond donors (Lipinski definition) is 1. The van der Waals surface area contributed by atoms with Gasteiger partial charge in [-0.3, -0.25) is 0 Å². The van der Waals surface area contributed by atoms with Crippen molar-refractivity contribution < 1.29 is 13.5 Å². The molecule has 1 atom stereocenters. The SMILES string of the molecule is CNC(C)c1cc(C)ccc1OCc1cccc(F)c1F. The van der Waals surface area contributed by atoms with E-state index >= 15 is 0 Å². The van der Waals surface area contributed by atoms with Crippen LogP contribution in [0.4, 0.5) is 8.78 Å². The van der Waals surface area contributed by atoms with E-state index in [0.29, 0.717) is 5.75 Å². The molecule has 0 aromatic heterocycles. The molecule has 0 bridgehead atoms. The Morgan fingerprint density at radius 3 is 2.67 bits per heavy atom. The molecule has 0 saturated heterocycles. The first-order valence-electron chi connectivity index (χ1n) is 6.86. The van der Waals surface area contributed by atoms with Gasteiger partial charge < -0.3 is 10.1 Å². The minimum Gasteiger partial charge on any atom is -0.488 e. The largest absolute Gasteiger partial charge is 0.488 e. The van der Waals surface area contributed by atoms with Crippen molar-refractivity contribution in [2.24, 2.45) is 0 Å². The number of halogens is 2. The molecule has 4 heteroatoms. The van der Waals surface area contributed by atoms with E-state index in [-0.39, 0.29) is 18.2 Å². The van der Waals surface area contributed by atoms with E-state index in [0.717, 1.165) is 17.2 Å². The van der Waals surface area contributed by atoms with E-state index in [2.05, 4.69) is 5.32 Å². The fraction of sp³-hybridized carbons (Fsp3) is 0.294. The first kappa shape index (κ1) is 15.4. The van der Waals surface area contributed by atoms with Crippen LogP contribution in [0, 0.1) is 18.6 Å². The maximum absolute atomic E-state index is 13.6. The third kappa shape index (κ3) is 3.58. The molecule has 0 aliphatic rings. The maximum Gasteiger partial charge on any atom is 0.165 e. The second kappa shape index (κ2) is 6.68. The van der Waals surface area contributed by atoms with E-state index in [4.69, 9.17) is 4.74 Å². The van der Waals surface area contributed by atoms with Crippen LogP contribution < -0.4 is 10.1 Å². The molecular weight excluding hydrogens is 272 g/mol. The smallest absolute Gasteiger partial charge is 0.165 e. The zero-order valence-corrected chi connectivity index (χ0v) is 12.4. The summed E-state index contributed by atoms with van der Waals surface area (Å²) < 4.78 is 32.5. The molecule has 2 aromatic rings. The van der Waals surface area contributed by atoms with Crippen LogP contribution in [0.5, 0.6) is 5.75 Å². The van der Waals surface area contributed by atoms with Crippen molar-refractivity contribution in [2.75, 3.05) is 7.05 Å². The quantitative estimate of drug-likeness (QED) is 0.894. The summed E-state index contributed by atoms with van der Waals surface area (Å²) in [5.74, 6) is -1.04. The van der Waals surface area contributed by atoms with Crippen LogP contribution in [0.2, 0.25) is 0 Å². The lowest BCUT2D eigenvalue weighted by molar-refractivity contribution is 0.291. The molecule has 0 saturated carbocycles. The monoisotopic (exact) mass is 291 g/mol. The van der Waals surface area contributed by atoms with Crippen LogP contribution >= 0.6 is 0 Å². The average Bonchev–Trinajstić information content (AvgIpc) is 2.49. The second-order valence-corrected chi connectivity index (χ2v) is 5.05. The molecule has 1 N–H and O–H groups in total. The van der Waals surface area contributed by atoms with Crippen molar-refractivity contribution in [3.05, 3.63) is 64.7 Å². The fourth-order valence-corrected chi connectivity index (χ4v) is 2.11. The van der Waals surface area contributed by atoms with Crippen LogP contribution in [-0.2, 0) is 6.61 Å². The van der Waals surface area contributed by atoms with Gasteiger partial charge in [-0.15, -0.1) is 0 Å². The lowest BCUT2D eigenvalue weighted by atomic mass is 10.0. The zero-order valence-electron chi connectivity index (χ0n) is 12.4. The Labute approximate surface area is 123 Å². The molecule has 0 aliphatic heterocycles. The topological polar surface area (TPSA) is 21.3 Å². The van der Waals surface area contributed by atoms with Gasteiger partial charge in [-0.25, -0.2) is 8.78 Å². The Morgan fingerprint density at radius 1 is 1.19 bits per heavy atom. The summed E-state index contributed by atoms with van der Waals surface area (Å²) in [7, 11) is 1.86. The Morgan fingerprint density at radius 2 is 1.95 bits per heavy atom. The highest BCUT2D eigenvalue weighted by atomic mass is 19.2. The summed E-state index contributed by atoms with van der Waals surface area (Å²) in [5.41, 5.74) is 2.32. The Hall–Kier alpha value is -1.94. The van der Waals surface area contributed by atoms with Gasteiger partial charge in [0.05, 0.1) is 0 Å². The van der Waals surface area contributed by atoms with Crippen molar-refractivity contribution >= 4 is 0 Å². The van der Waals surface area contributed by atoms with E-state index in [1.54, 1.807) is 0 Å². The van der Waals surface area contributed by atoms with Gasteiger partial charge in [0.1, 0.15) is 12.4 Å². The molecule has 0 aliphatic carbocycles. The van der Waals surface area contributed by atoms with Gasteiger partial charge in [-0.05, 0) is 33.0 Å². The number of hydrogen-bond acceptors (Lipinski definition) is 2. The highest BCUT2D eigenvalue weighted by Gasteiger charge is 2.12. The average molecular weight is 291 g/mol. The van der Waals surface area contributed by atoms with Crippen LogP contribution in [0.15, 0.2) is 36.4 Å². The third-order valence-corrected chi connectivity index (χ3v) is 3.48. The molecule has 2 rings (SSSR count). The fourth-order valence-electron chi connectivity index (χ4n) is 2.11. The molecule has 112 valence electrons. The van der Waals surface area contributed by atoms with Crippen LogP contribution in [-0.4, -0.2) is 7.05 Å². The normalized spacial score (nSPS) is 12.2. The number of benzene rings is 2. The molecule has 0 fully saturated rings. The van der Waals surface area contributed by atoms with Gasteiger partial charge in [0, 0.05) is 17.2 Å². The summed E-state index contributed by atoms with van der Waals surface area (Å²) >= 11 is 0. The summed E-state index contributed by atoms with van der Waals surface area (Å²) in [4.78, 5) is 0. The van der Waals surface area contributed by atoms with Crippen LogP contribution in [0.3, 0.4) is 0 Å². The lowest BCUT2D eigenvalue weighted by Gasteiger charge is -2.17. The van der Waals surface area contributed by atoms with Crippen molar-refractivity contribution in [3.63, 3.8) is 0 Å². The Kier molecular flexibility index (Phi) is 4.91. The van der Waals surface area contributed by atoms with Crippen LogP contribution in [0.1, 0.15) is 29.7 Å². The van der Waals surface area contributed by atoms with E-state index in [1.807, 2.05) is 39.1 Å². The molecule has 0 spiro atoms. The summed E-state index contributed by atoms with van der Waals surface area (Å²) in [6.07, 6.45) is 0. The van der Waals surface area contributed by atoms with E-state index in [9.17, 15) is 8.78 Å². The van der Waals surface area contributed by atoms with Crippen molar-refractivity contribution in [3.8, 4) is 5.75 Å². The first-order chi connectivity index (χ1) is 10.0. The lowest BCUT2D eigenvalue weighted by Crippen LogP contribution is -2.14. The molecule has 2 nitrogen and oxygen atoms in total. The van der Waals surface area contributed by atoms with E-state index < -0.39 is 11.6 Å². The Bertz CT molecular complexity index is 628. The Balaban J connectivity index is 2.22. The highest BCUT2D eigenvalue weighted by Crippen LogP contribution is 2.27. The predicted molar refractivity (Wildman–Crippen MR) is 79.3 cm³/mol. The summed E-state index contributed by atoms with van der Waals surface area (Å²) in [6, 6.07) is 10.0. The highest BCUT2D eigenvalue weighted by molar-refractivity contribution is 5.39. The van der Waals surface area contributed by atoms with Gasteiger partial charge in [-0.1, -0.05) is 29.8 Å². The zero-order chi connectivity index (χ0) is 15.4. The molecule has 0 radical (unpaired) electrons. The molecule has 2 aromatic carbocycles. The second-order valence-electron chi connectivity index (χ2n) is 5.05. The molecule has 0 amide bonds. The van der Waals surface area contributed by atoms with Crippen molar-refractivity contribution in [1.29, 1.82) is 0 Å². The number of ether oxygens (including phenoxy) is 1. The molecule has 0 heterocycles.